The highest BCUT2D eigenvalue weighted by molar-refractivity contribution is 5.95. The Morgan fingerprint density at radius 1 is 1.25 bits per heavy atom. The van der Waals surface area contributed by atoms with Crippen molar-refractivity contribution in [1.82, 2.24) is 4.98 Å². The lowest BCUT2D eigenvalue weighted by Gasteiger charge is -2.32. The number of hydrogen-bond acceptors (Lipinski definition) is 6. The van der Waals surface area contributed by atoms with Gasteiger partial charge in [0.2, 0.25) is 5.82 Å². The summed E-state index contributed by atoms with van der Waals surface area (Å²) in [5, 5.41) is 2.54. The van der Waals surface area contributed by atoms with Gasteiger partial charge >= 0.3 is 6.18 Å². The molecule has 5 atom stereocenters. The van der Waals surface area contributed by atoms with Crippen LogP contribution in [0.3, 0.4) is 0 Å². The van der Waals surface area contributed by atoms with Gasteiger partial charge < -0.3 is 25.3 Å². The minimum absolute atomic E-state index is 0.114. The van der Waals surface area contributed by atoms with E-state index in [2.05, 4.69) is 10.3 Å². The van der Waals surface area contributed by atoms with Crippen LogP contribution in [-0.4, -0.2) is 49.6 Å². The predicted octanol–water partition coefficient (Wildman–Crippen LogP) is 4.27. The SMILES string of the molecule is COCC(C)(N)c1cc(NC(=O)[C@@H]2O[C@@](C)(C(F)(F)F)[C@@H](C)[C@H]2c2ccc(F)c(F)c2OC)ccn1. The van der Waals surface area contributed by atoms with E-state index in [0.717, 1.165) is 26.2 Å². The average molecular weight is 517 g/mol. The first-order valence-electron chi connectivity index (χ1n) is 11.0. The Morgan fingerprint density at radius 3 is 2.50 bits per heavy atom. The van der Waals surface area contributed by atoms with E-state index in [1.54, 1.807) is 6.92 Å². The zero-order valence-electron chi connectivity index (χ0n) is 20.4. The molecule has 0 spiro atoms. The predicted molar refractivity (Wildman–Crippen MR) is 120 cm³/mol. The summed E-state index contributed by atoms with van der Waals surface area (Å²) in [6.45, 7) is 3.83. The summed E-state index contributed by atoms with van der Waals surface area (Å²) in [6.07, 6.45) is -5.21. The normalized spacial score (nSPS) is 25.9. The molecule has 1 unspecified atom stereocenters. The van der Waals surface area contributed by atoms with E-state index in [1.807, 2.05) is 0 Å². The smallest absolute Gasteiger partial charge is 0.417 e. The van der Waals surface area contributed by atoms with Gasteiger partial charge in [0.15, 0.2) is 17.2 Å². The summed E-state index contributed by atoms with van der Waals surface area (Å²) in [4.78, 5) is 17.5. The van der Waals surface area contributed by atoms with Crippen LogP contribution in [0, 0.1) is 17.6 Å². The van der Waals surface area contributed by atoms with Crippen molar-refractivity contribution in [2.24, 2.45) is 11.7 Å². The molecule has 1 aliphatic heterocycles. The van der Waals surface area contributed by atoms with E-state index in [0.29, 0.717) is 5.69 Å². The quantitative estimate of drug-likeness (QED) is 0.533. The number of methoxy groups -OCH3 is 2. The molecule has 0 bridgehead atoms. The van der Waals surface area contributed by atoms with Crippen molar-refractivity contribution in [1.29, 1.82) is 0 Å². The summed E-state index contributed by atoms with van der Waals surface area (Å²) in [5.41, 5.74) is 2.87. The molecule has 36 heavy (non-hydrogen) atoms. The molecule has 3 N–H and O–H groups in total. The number of alkyl halides is 3. The lowest BCUT2D eigenvalue weighted by Crippen LogP contribution is -2.47. The fraction of sp³-hybridized carbons (Fsp3) is 0.500. The van der Waals surface area contributed by atoms with Crippen molar-refractivity contribution in [2.45, 2.75) is 50.1 Å². The average Bonchev–Trinajstić information content (AvgIpc) is 3.07. The van der Waals surface area contributed by atoms with Gasteiger partial charge in [-0.25, -0.2) is 4.39 Å². The Morgan fingerprint density at radius 2 is 1.92 bits per heavy atom. The van der Waals surface area contributed by atoms with Gasteiger partial charge in [0.1, 0.15) is 6.10 Å². The molecular weight excluding hydrogens is 489 g/mol. The number of amides is 1. The number of hydrogen-bond donors (Lipinski definition) is 2. The van der Waals surface area contributed by atoms with Gasteiger partial charge in [-0.05, 0) is 32.0 Å². The fourth-order valence-corrected chi connectivity index (χ4v) is 4.45. The molecule has 1 aromatic carbocycles. The van der Waals surface area contributed by atoms with Crippen molar-refractivity contribution in [3.63, 3.8) is 0 Å². The zero-order chi connectivity index (χ0) is 27.1. The lowest BCUT2D eigenvalue weighted by atomic mass is 9.77. The third kappa shape index (κ3) is 4.89. The van der Waals surface area contributed by atoms with E-state index in [1.165, 1.54) is 32.4 Å². The molecule has 1 amide bonds. The number of rotatable bonds is 7. The van der Waals surface area contributed by atoms with E-state index in [4.69, 9.17) is 19.9 Å². The van der Waals surface area contributed by atoms with Crippen LogP contribution >= 0.6 is 0 Å². The van der Waals surface area contributed by atoms with Crippen LogP contribution < -0.4 is 15.8 Å². The van der Waals surface area contributed by atoms with Gasteiger partial charge in [0, 0.05) is 36.4 Å². The number of aromatic nitrogens is 1. The van der Waals surface area contributed by atoms with E-state index >= 15 is 0 Å². The van der Waals surface area contributed by atoms with Crippen molar-refractivity contribution in [3.05, 3.63) is 53.4 Å². The van der Waals surface area contributed by atoms with E-state index < -0.39 is 58.5 Å². The van der Waals surface area contributed by atoms with Gasteiger partial charge in [-0.2, -0.15) is 17.6 Å². The molecule has 3 rings (SSSR count). The number of nitrogens with two attached hydrogens (primary N) is 1. The Labute approximate surface area is 205 Å². The van der Waals surface area contributed by atoms with Crippen molar-refractivity contribution in [2.75, 3.05) is 26.1 Å². The second-order valence-electron chi connectivity index (χ2n) is 9.21. The van der Waals surface area contributed by atoms with Crippen LogP contribution in [-0.2, 0) is 19.8 Å². The molecule has 0 radical (unpaired) electrons. The van der Waals surface area contributed by atoms with Gasteiger partial charge in [-0.15, -0.1) is 0 Å². The molecule has 1 aliphatic rings. The minimum Gasteiger partial charge on any atom is -0.493 e. The second-order valence-corrected chi connectivity index (χ2v) is 9.21. The summed E-state index contributed by atoms with van der Waals surface area (Å²) in [5.74, 6) is -6.82. The standard InChI is InChI=1S/C24H28F5N3O4/c1-12-17(14-6-7-15(25)18(26)19(14)35-5)20(36-23(12,3)24(27,28)29)21(33)32-13-8-9-31-16(10-13)22(2,30)11-34-4/h6-10,12,17,20H,11,30H2,1-5H3,(H,31,32,33)/t12-,17-,20+,22?,23+/m0/s1. The van der Waals surface area contributed by atoms with Crippen LogP contribution in [0.2, 0.25) is 0 Å². The lowest BCUT2D eigenvalue weighted by molar-refractivity contribution is -0.272. The largest absolute Gasteiger partial charge is 0.493 e. The monoisotopic (exact) mass is 517 g/mol. The van der Waals surface area contributed by atoms with Crippen LogP contribution in [0.4, 0.5) is 27.6 Å². The maximum Gasteiger partial charge on any atom is 0.417 e. The summed E-state index contributed by atoms with van der Waals surface area (Å²) >= 11 is 0. The molecule has 0 aliphatic carbocycles. The third-order valence-corrected chi connectivity index (χ3v) is 6.63. The first-order valence-corrected chi connectivity index (χ1v) is 11.0. The van der Waals surface area contributed by atoms with Crippen molar-refractivity contribution >= 4 is 11.6 Å². The van der Waals surface area contributed by atoms with Crippen LogP contribution in [0.5, 0.6) is 5.75 Å². The molecule has 198 valence electrons. The number of nitrogens with zero attached hydrogens (tertiary/aromatic N) is 1. The maximum atomic E-state index is 14.5. The van der Waals surface area contributed by atoms with Crippen molar-refractivity contribution in [3.8, 4) is 5.75 Å². The number of carbonyl (C=O) groups excluding carboxylic acids is 1. The first-order chi connectivity index (χ1) is 16.7. The summed E-state index contributed by atoms with van der Waals surface area (Å²) in [6, 6.07) is 4.76. The van der Waals surface area contributed by atoms with E-state index in [9.17, 15) is 26.7 Å². The number of pyridine rings is 1. The topological polar surface area (TPSA) is 95.7 Å². The maximum absolute atomic E-state index is 14.5. The Kier molecular flexibility index (Phi) is 7.64. The van der Waals surface area contributed by atoms with Crippen LogP contribution in [0.1, 0.15) is 37.9 Å². The second kappa shape index (κ2) is 9.91. The summed E-state index contributed by atoms with van der Waals surface area (Å²) < 4.78 is 86.0. The number of nitrogens with one attached hydrogen (secondary N) is 1. The molecule has 2 heterocycles. The number of ether oxygens (including phenoxy) is 3. The van der Waals surface area contributed by atoms with E-state index in [-0.39, 0.29) is 17.9 Å². The van der Waals surface area contributed by atoms with Gasteiger partial charge in [0.05, 0.1) is 24.9 Å². The molecule has 7 nitrogen and oxygen atoms in total. The number of benzene rings is 1. The number of carbonyl (C=O) groups is 1. The highest BCUT2D eigenvalue weighted by Crippen LogP contribution is 2.55. The molecule has 2 aromatic rings. The van der Waals surface area contributed by atoms with Crippen molar-refractivity contribution < 1.29 is 41.0 Å². The fourth-order valence-electron chi connectivity index (χ4n) is 4.45. The highest BCUT2D eigenvalue weighted by Gasteiger charge is 2.65. The first kappa shape index (κ1) is 27.8. The molecule has 1 aromatic heterocycles. The highest BCUT2D eigenvalue weighted by atomic mass is 19.4. The number of anilines is 1. The Hall–Kier alpha value is -2.83. The third-order valence-electron chi connectivity index (χ3n) is 6.63. The zero-order valence-corrected chi connectivity index (χ0v) is 20.4. The summed E-state index contributed by atoms with van der Waals surface area (Å²) in [7, 11) is 2.52. The Balaban J connectivity index is 2.04. The van der Waals surface area contributed by atoms with Gasteiger partial charge in [0.25, 0.3) is 5.91 Å². The van der Waals surface area contributed by atoms with Crippen LogP contribution in [0.15, 0.2) is 30.5 Å². The Bertz CT molecular complexity index is 1130. The molecular formula is C24H28F5N3O4. The molecule has 1 saturated heterocycles. The minimum atomic E-state index is -4.86. The van der Waals surface area contributed by atoms with Crippen LogP contribution in [0.25, 0.3) is 0 Å². The molecule has 0 saturated carbocycles. The molecule has 1 fully saturated rings. The van der Waals surface area contributed by atoms with Gasteiger partial charge in [-0.1, -0.05) is 13.0 Å². The van der Waals surface area contributed by atoms with Gasteiger partial charge in [-0.3, -0.25) is 9.78 Å². The molecule has 12 heteroatoms. The number of halogens is 5.